The third kappa shape index (κ3) is 4.63. The lowest BCUT2D eigenvalue weighted by Crippen LogP contribution is -2.33. The molecule has 0 saturated carbocycles. The fourth-order valence-electron chi connectivity index (χ4n) is 3.68. The van der Waals surface area contributed by atoms with Gasteiger partial charge in [0.15, 0.2) is 0 Å². The number of aromatic nitrogens is 1. The van der Waals surface area contributed by atoms with Gasteiger partial charge in [0.1, 0.15) is 0 Å². The summed E-state index contributed by atoms with van der Waals surface area (Å²) in [6, 6.07) is 23.2. The first-order valence-electron chi connectivity index (χ1n) is 10.2. The summed E-state index contributed by atoms with van der Waals surface area (Å²) in [4.78, 5) is 31.2. The van der Waals surface area contributed by atoms with Gasteiger partial charge in [-0.2, -0.15) is 0 Å². The molecule has 0 aliphatic rings. The molecule has 1 atom stereocenters. The first-order valence-corrected chi connectivity index (χ1v) is 10.5. The zero-order valence-corrected chi connectivity index (χ0v) is 18.2. The maximum atomic E-state index is 13.6. The van der Waals surface area contributed by atoms with Crippen LogP contribution in [-0.4, -0.2) is 26.9 Å². The summed E-state index contributed by atoms with van der Waals surface area (Å²) >= 11 is 6.19. The third-order valence-electron chi connectivity index (χ3n) is 5.42. The van der Waals surface area contributed by atoms with Crippen molar-refractivity contribution >= 4 is 34.4 Å². The van der Waals surface area contributed by atoms with Crippen molar-refractivity contribution in [2.75, 3.05) is 0 Å². The minimum atomic E-state index is -1.01. The average Bonchev–Trinajstić information content (AvgIpc) is 2.81. The number of rotatable bonds is 6. The fraction of sp³-hybridized carbons (Fsp3) is 0.115. The van der Waals surface area contributed by atoms with Crippen LogP contribution >= 0.6 is 11.6 Å². The lowest BCUT2D eigenvalue weighted by atomic mass is 10.0. The van der Waals surface area contributed by atoms with Crippen molar-refractivity contribution in [2.45, 2.75) is 19.5 Å². The van der Waals surface area contributed by atoms with E-state index in [1.165, 1.54) is 6.07 Å². The molecular formula is C26H21ClN2O3. The molecule has 4 aromatic rings. The molecule has 0 aliphatic carbocycles. The summed E-state index contributed by atoms with van der Waals surface area (Å²) in [5, 5.41) is 10.8. The second kappa shape index (κ2) is 9.20. The molecule has 0 spiro atoms. The first kappa shape index (κ1) is 21.5. The molecule has 4 rings (SSSR count). The van der Waals surface area contributed by atoms with Crippen molar-refractivity contribution in [3.05, 3.63) is 112 Å². The number of carboxylic acids is 1. The predicted octanol–water partition coefficient (Wildman–Crippen LogP) is 5.99. The molecule has 1 aromatic heterocycles. The highest BCUT2D eigenvalue weighted by molar-refractivity contribution is 6.30. The highest BCUT2D eigenvalue weighted by Crippen LogP contribution is 2.27. The van der Waals surface area contributed by atoms with Crippen molar-refractivity contribution < 1.29 is 14.7 Å². The number of nitrogens with zero attached hydrogens (tertiary/aromatic N) is 2. The molecule has 3 aromatic carbocycles. The van der Waals surface area contributed by atoms with Crippen molar-refractivity contribution in [3.8, 4) is 0 Å². The van der Waals surface area contributed by atoms with Crippen molar-refractivity contribution in [2.24, 2.45) is 0 Å². The van der Waals surface area contributed by atoms with Gasteiger partial charge >= 0.3 is 5.97 Å². The Morgan fingerprint density at radius 2 is 1.75 bits per heavy atom. The Morgan fingerprint density at radius 3 is 2.53 bits per heavy atom. The number of carboxylic acid groups (broad SMARTS) is 1. The van der Waals surface area contributed by atoms with Crippen LogP contribution in [0.4, 0.5) is 0 Å². The van der Waals surface area contributed by atoms with Gasteiger partial charge in [-0.25, -0.2) is 4.79 Å². The molecule has 0 saturated heterocycles. The highest BCUT2D eigenvalue weighted by atomic mass is 35.5. The molecular weight excluding hydrogens is 424 g/mol. The molecule has 1 heterocycles. The van der Waals surface area contributed by atoms with Crippen molar-refractivity contribution in [1.82, 2.24) is 9.88 Å². The Labute approximate surface area is 190 Å². The van der Waals surface area contributed by atoms with Crippen LogP contribution in [0.15, 0.2) is 85.1 Å². The van der Waals surface area contributed by atoms with Crippen LogP contribution in [0, 0.1) is 0 Å². The Bertz CT molecular complexity index is 1310. The van der Waals surface area contributed by atoms with E-state index in [0.717, 1.165) is 22.0 Å². The summed E-state index contributed by atoms with van der Waals surface area (Å²) in [6.45, 7) is 2.17. The van der Waals surface area contributed by atoms with Gasteiger partial charge in [0.25, 0.3) is 5.91 Å². The fourth-order valence-corrected chi connectivity index (χ4v) is 3.88. The number of hydrogen-bond donors (Lipinski definition) is 1. The van der Waals surface area contributed by atoms with Gasteiger partial charge in [-0.05, 0) is 54.4 Å². The Morgan fingerprint density at radius 1 is 0.969 bits per heavy atom. The normalized spacial score (nSPS) is 11.8. The quantitative estimate of drug-likeness (QED) is 0.396. The van der Waals surface area contributed by atoms with Crippen molar-refractivity contribution in [3.63, 3.8) is 0 Å². The smallest absolute Gasteiger partial charge is 0.335 e. The highest BCUT2D eigenvalue weighted by Gasteiger charge is 2.24. The largest absolute Gasteiger partial charge is 0.478 e. The summed E-state index contributed by atoms with van der Waals surface area (Å²) in [6.07, 6.45) is 1.58. The molecule has 0 fully saturated rings. The molecule has 0 radical (unpaired) electrons. The van der Waals surface area contributed by atoms with Crippen LogP contribution in [0.25, 0.3) is 10.9 Å². The van der Waals surface area contributed by atoms with Gasteiger partial charge in [-0.1, -0.05) is 54.1 Å². The number of halogens is 1. The minimum Gasteiger partial charge on any atom is -0.478 e. The van der Waals surface area contributed by atoms with E-state index in [9.17, 15) is 14.7 Å². The van der Waals surface area contributed by atoms with Crippen LogP contribution in [0.3, 0.4) is 0 Å². The standard InChI is InChI=1S/C26H21ClN2O3/c1-17(19-8-5-10-23(27)14-19)29(16-18-6-4-9-21(12-18)26(31)32)25(30)22-13-20-7-2-3-11-24(20)28-15-22/h2-15,17H,16H2,1H3,(H,31,32)/t17-/m1/s1. The molecule has 6 heteroatoms. The number of aromatic carboxylic acids is 1. The maximum Gasteiger partial charge on any atom is 0.335 e. The molecule has 1 N–H and O–H groups in total. The van der Waals surface area contributed by atoms with E-state index >= 15 is 0 Å². The number of carbonyl (C=O) groups is 2. The topological polar surface area (TPSA) is 70.5 Å². The van der Waals surface area contributed by atoms with Crippen LogP contribution in [0.2, 0.25) is 5.02 Å². The van der Waals surface area contributed by atoms with Gasteiger partial charge in [-0.3, -0.25) is 9.78 Å². The second-order valence-corrected chi connectivity index (χ2v) is 8.02. The number of benzene rings is 3. The van der Waals surface area contributed by atoms with E-state index in [2.05, 4.69) is 4.98 Å². The first-order chi connectivity index (χ1) is 15.4. The van der Waals surface area contributed by atoms with E-state index in [1.807, 2.05) is 61.5 Å². The SMILES string of the molecule is C[C@H](c1cccc(Cl)c1)N(Cc1cccc(C(=O)O)c1)C(=O)c1cnc2ccccc2c1. The summed E-state index contributed by atoms with van der Waals surface area (Å²) in [5.74, 6) is -1.21. The van der Waals surface area contributed by atoms with Gasteiger partial charge in [0, 0.05) is 23.2 Å². The number of carbonyl (C=O) groups excluding carboxylic acids is 1. The molecule has 5 nitrogen and oxygen atoms in total. The van der Waals surface area contributed by atoms with E-state index in [0.29, 0.717) is 10.6 Å². The lowest BCUT2D eigenvalue weighted by Gasteiger charge is -2.30. The Hall–Kier alpha value is -3.70. The molecule has 0 aliphatic heterocycles. The number of pyridine rings is 1. The van der Waals surface area contributed by atoms with E-state index in [1.54, 1.807) is 29.3 Å². The van der Waals surface area contributed by atoms with Gasteiger partial charge < -0.3 is 10.0 Å². The van der Waals surface area contributed by atoms with Crippen LogP contribution in [0.5, 0.6) is 0 Å². The Balaban J connectivity index is 1.74. The monoisotopic (exact) mass is 444 g/mol. The third-order valence-corrected chi connectivity index (χ3v) is 5.66. The number of amides is 1. The van der Waals surface area contributed by atoms with Gasteiger partial charge in [0.2, 0.25) is 0 Å². The van der Waals surface area contributed by atoms with Crippen molar-refractivity contribution in [1.29, 1.82) is 0 Å². The molecule has 160 valence electrons. The number of fused-ring (bicyclic) bond motifs is 1. The van der Waals surface area contributed by atoms with E-state index in [4.69, 9.17) is 11.6 Å². The summed E-state index contributed by atoms with van der Waals surface area (Å²) < 4.78 is 0. The van der Waals surface area contributed by atoms with Crippen LogP contribution in [-0.2, 0) is 6.54 Å². The summed E-state index contributed by atoms with van der Waals surface area (Å²) in [5.41, 5.74) is 3.06. The summed E-state index contributed by atoms with van der Waals surface area (Å²) in [7, 11) is 0. The zero-order chi connectivity index (χ0) is 22.7. The molecule has 0 unspecified atom stereocenters. The van der Waals surface area contributed by atoms with E-state index < -0.39 is 5.97 Å². The predicted molar refractivity (Wildman–Crippen MR) is 125 cm³/mol. The zero-order valence-electron chi connectivity index (χ0n) is 17.4. The number of para-hydroxylation sites is 1. The number of hydrogen-bond acceptors (Lipinski definition) is 3. The lowest BCUT2D eigenvalue weighted by molar-refractivity contribution is 0.0673. The molecule has 32 heavy (non-hydrogen) atoms. The average molecular weight is 445 g/mol. The minimum absolute atomic E-state index is 0.178. The van der Waals surface area contributed by atoms with Gasteiger partial charge in [-0.15, -0.1) is 0 Å². The van der Waals surface area contributed by atoms with Gasteiger partial charge in [0.05, 0.1) is 22.7 Å². The molecule has 1 amide bonds. The maximum absolute atomic E-state index is 13.6. The van der Waals surface area contributed by atoms with E-state index in [-0.39, 0.29) is 24.1 Å². The molecule has 0 bridgehead atoms. The second-order valence-electron chi connectivity index (χ2n) is 7.59. The Kier molecular flexibility index (Phi) is 6.19. The van der Waals surface area contributed by atoms with Crippen LogP contribution < -0.4 is 0 Å². The van der Waals surface area contributed by atoms with Crippen LogP contribution in [0.1, 0.15) is 44.8 Å².